The average molecular weight is 413 g/mol. The van der Waals surface area contributed by atoms with Crippen molar-refractivity contribution in [3.8, 4) is 0 Å². The first-order valence-corrected chi connectivity index (χ1v) is 9.21. The molecule has 158 valence electrons. The van der Waals surface area contributed by atoms with Gasteiger partial charge in [0.15, 0.2) is 0 Å². The molecular formula is C20H30N6O3. The van der Waals surface area contributed by atoms with E-state index in [2.05, 4.69) is 10.4 Å². The Hall–Kier alpha value is -2.52. The Morgan fingerprint density at radius 3 is 2.59 bits per heavy atom. The lowest BCUT2D eigenvalue weighted by molar-refractivity contribution is -0.128. The molecule has 2 aromatic rings. The normalized spacial score (nSPS) is 23.6. The Labute approximate surface area is 184 Å². The monoisotopic (exact) mass is 412 g/mol. The molecule has 9 heteroatoms. The van der Waals surface area contributed by atoms with Gasteiger partial charge < -0.3 is 9.64 Å². The van der Waals surface area contributed by atoms with Gasteiger partial charge in [0.1, 0.15) is 5.72 Å². The highest BCUT2D eigenvalue weighted by Gasteiger charge is 2.43. The quantitative estimate of drug-likeness (QED) is 0.608. The van der Waals surface area contributed by atoms with Gasteiger partial charge in [-0.15, -0.1) is 0 Å². The molecule has 0 atom stereocenters. The van der Waals surface area contributed by atoms with Crippen molar-refractivity contribution in [1.29, 1.82) is 0 Å². The number of aromatic nitrogens is 4. The van der Waals surface area contributed by atoms with Crippen LogP contribution in [0.5, 0.6) is 0 Å². The number of methoxy groups -OCH3 is 1. The number of ether oxygens (including phenoxy) is 1. The number of hydrogen-bond acceptors (Lipinski definition) is 6. The van der Waals surface area contributed by atoms with Crippen LogP contribution in [0.2, 0.25) is 0 Å². The van der Waals surface area contributed by atoms with Crippen molar-refractivity contribution in [3.05, 3.63) is 40.8 Å². The third-order valence-corrected chi connectivity index (χ3v) is 4.81. The van der Waals surface area contributed by atoms with E-state index in [9.17, 15) is 9.59 Å². The molecule has 0 saturated carbocycles. The highest BCUT2D eigenvalue weighted by atomic mass is 16.5. The minimum absolute atomic E-state index is 0.0935. The largest absolute Gasteiger partial charge is 0.363 e. The first kappa shape index (κ1) is 11.6. The van der Waals surface area contributed by atoms with E-state index in [0.29, 0.717) is 4.68 Å². The molecule has 0 unspecified atom stereocenters. The van der Waals surface area contributed by atoms with Gasteiger partial charge in [-0.25, -0.2) is 4.79 Å². The Balaban J connectivity index is 2.00. The predicted octanol–water partition coefficient (Wildman–Crippen LogP) is 1.34. The van der Waals surface area contributed by atoms with Gasteiger partial charge >= 0.3 is 5.69 Å². The molecule has 1 aliphatic rings. The number of tetrazole rings is 1. The van der Waals surface area contributed by atoms with E-state index >= 15 is 0 Å². The number of anilines is 1. The number of nitrogens with zero attached hydrogens (tertiary/aromatic N) is 6. The van der Waals surface area contributed by atoms with Crippen LogP contribution < -0.4 is 10.6 Å². The molecule has 0 N–H and O–H groups in total. The van der Waals surface area contributed by atoms with Crippen LogP contribution in [0.15, 0.2) is 35.1 Å². The molecule has 2 heterocycles. The van der Waals surface area contributed by atoms with E-state index in [4.69, 9.17) is 18.4 Å². The zero-order chi connectivity index (χ0) is 29.4. The highest BCUT2D eigenvalue weighted by Crippen LogP contribution is 2.34. The van der Waals surface area contributed by atoms with E-state index < -0.39 is 50.6 Å². The maximum atomic E-state index is 13.3. The molecule has 9 nitrogen and oxygen atoms in total. The number of hydrogen-bond donors (Lipinski definition) is 0. The Morgan fingerprint density at radius 2 is 1.97 bits per heavy atom. The molecule has 0 spiro atoms. The molecule has 1 aromatic carbocycles. The van der Waals surface area contributed by atoms with E-state index in [0.717, 1.165) is 14.5 Å². The number of likely N-dealkylation sites (tertiary alicyclic amines) is 1. The number of aryl methyl sites for hydroxylation is 2. The zero-order valence-electron chi connectivity index (χ0n) is 26.0. The molecule has 3 rings (SSSR count). The number of carbonyl (C=O) groups is 1. The Morgan fingerprint density at radius 1 is 1.24 bits per heavy atom. The molecule has 0 aliphatic carbocycles. The van der Waals surface area contributed by atoms with Crippen LogP contribution in [0.3, 0.4) is 0 Å². The van der Waals surface area contributed by atoms with Crippen molar-refractivity contribution >= 4 is 11.6 Å². The number of carbonyl (C=O) groups excluding carboxylic acids is 1. The van der Waals surface area contributed by atoms with Crippen molar-refractivity contribution in [3.63, 3.8) is 0 Å². The second-order valence-electron chi connectivity index (χ2n) is 6.49. The lowest BCUT2D eigenvalue weighted by atomic mass is 9.96. The maximum Gasteiger partial charge on any atom is 0.363 e. The fourth-order valence-electron chi connectivity index (χ4n) is 3.26. The van der Waals surface area contributed by atoms with Crippen molar-refractivity contribution < 1.29 is 23.2 Å². The van der Waals surface area contributed by atoms with Crippen molar-refractivity contribution in [2.24, 2.45) is 0 Å². The maximum absolute atomic E-state index is 13.3. The van der Waals surface area contributed by atoms with Gasteiger partial charge in [-0.2, -0.15) is 9.36 Å². The minimum Gasteiger partial charge on any atom is -0.358 e. The van der Waals surface area contributed by atoms with E-state index in [-0.39, 0.29) is 38.2 Å². The molecule has 0 bridgehead atoms. The molecule has 1 aliphatic heterocycles. The van der Waals surface area contributed by atoms with E-state index in [1.165, 1.54) is 12.1 Å². The zero-order valence-corrected chi connectivity index (χ0v) is 16.0. The smallest absolute Gasteiger partial charge is 0.358 e. The van der Waals surface area contributed by atoms with Crippen LogP contribution in [-0.4, -0.2) is 62.9 Å². The summed E-state index contributed by atoms with van der Waals surface area (Å²) >= 11 is 0. The van der Waals surface area contributed by atoms with Crippen LogP contribution >= 0.6 is 0 Å². The van der Waals surface area contributed by atoms with Gasteiger partial charge in [-0.05, 0) is 29.5 Å². The Kier molecular flexibility index (Phi) is 3.73. The van der Waals surface area contributed by atoms with Gasteiger partial charge in [0.05, 0.1) is 13.4 Å². The third kappa shape index (κ3) is 4.40. The molecule has 29 heavy (non-hydrogen) atoms. The lowest BCUT2D eigenvalue weighted by Crippen LogP contribution is -2.59. The summed E-state index contributed by atoms with van der Waals surface area (Å²) < 4.78 is 86.6. The topological polar surface area (TPSA) is 85.5 Å². The SMILES string of the molecule is [2H]C([2H])([2H])CC(=O)N(c1ccccc1)C1(OC([2H])([2H])[2H])CCN(C([2H])([2H])C([2H])([2H])n2nnn(CC)c2=O)CC1. The number of rotatable bonds is 8. The summed E-state index contributed by atoms with van der Waals surface area (Å²) in [5, 5.41) is 7.04. The summed E-state index contributed by atoms with van der Waals surface area (Å²) in [6.07, 6.45) is -1.55. The van der Waals surface area contributed by atoms with Gasteiger partial charge in [-0.1, -0.05) is 25.1 Å². The highest BCUT2D eigenvalue weighted by molar-refractivity contribution is 5.94. The fraction of sp³-hybridized carbons (Fsp3) is 0.600. The molecule has 1 amide bonds. The van der Waals surface area contributed by atoms with Gasteiger partial charge in [0.2, 0.25) is 5.91 Å². The molecular weight excluding hydrogens is 372 g/mol. The molecule has 1 aromatic heterocycles. The summed E-state index contributed by atoms with van der Waals surface area (Å²) in [7, 11) is -3.02. The lowest BCUT2D eigenvalue weighted by Gasteiger charge is -2.47. The van der Waals surface area contributed by atoms with Crippen LogP contribution in [-0.2, 0) is 22.6 Å². The van der Waals surface area contributed by atoms with E-state index in [1.807, 2.05) is 0 Å². The first-order chi connectivity index (χ1) is 17.8. The molecule has 0 radical (unpaired) electrons. The number of amides is 1. The molecule has 1 fully saturated rings. The van der Waals surface area contributed by atoms with Crippen molar-refractivity contribution in [1.82, 2.24) is 24.7 Å². The van der Waals surface area contributed by atoms with Gasteiger partial charge in [0.25, 0.3) is 0 Å². The van der Waals surface area contributed by atoms with Crippen LogP contribution in [0.25, 0.3) is 0 Å². The van der Waals surface area contributed by atoms with Crippen LogP contribution in [0, 0.1) is 0 Å². The third-order valence-electron chi connectivity index (χ3n) is 4.81. The van der Waals surface area contributed by atoms with Crippen LogP contribution in [0.4, 0.5) is 5.69 Å². The van der Waals surface area contributed by atoms with Crippen LogP contribution in [0.1, 0.15) is 46.7 Å². The van der Waals surface area contributed by atoms with Crippen molar-refractivity contribution in [2.75, 3.05) is 31.5 Å². The Bertz CT molecular complexity index is 1200. The second kappa shape index (κ2) is 9.32. The summed E-state index contributed by atoms with van der Waals surface area (Å²) in [5.41, 5.74) is -2.67. The van der Waals surface area contributed by atoms with E-state index in [1.54, 1.807) is 25.1 Å². The summed E-state index contributed by atoms with van der Waals surface area (Å²) in [4.78, 5) is 27.9. The number of para-hydroxylation sites is 1. The predicted molar refractivity (Wildman–Crippen MR) is 110 cm³/mol. The van der Waals surface area contributed by atoms with Gasteiger partial charge in [0, 0.05) is 65.0 Å². The van der Waals surface area contributed by atoms with Gasteiger partial charge in [-0.3, -0.25) is 9.69 Å². The minimum atomic E-state index is -3.02. The number of piperidine rings is 1. The average Bonchev–Trinajstić information content (AvgIpc) is 3.18. The van der Waals surface area contributed by atoms with Crippen molar-refractivity contribution in [2.45, 2.75) is 51.8 Å². The standard InChI is InChI=1S/C20H30N6O3/c1-4-18(27)26(17-9-7-6-8-10-17)20(29-3)11-13-23(14-12-20)15-16-25-19(28)24(5-2)21-22-25/h6-10H,4-5,11-16H2,1-3H3/i1D3,3D3,15D2,16D2. The first-order valence-electron chi connectivity index (χ1n) is 14.2. The number of benzene rings is 1. The fourth-order valence-corrected chi connectivity index (χ4v) is 3.26. The summed E-state index contributed by atoms with van der Waals surface area (Å²) in [5.74, 6) is -0.917. The molecule has 1 saturated heterocycles. The summed E-state index contributed by atoms with van der Waals surface area (Å²) in [6.45, 7) is -7.44. The second-order valence-corrected chi connectivity index (χ2v) is 6.49. The summed E-state index contributed by atoms with van der Waals surface area (Å²) in [6, 6.07) is 7.81.